The van der Waals surface area contributed by atoms with Crippen LogP contribution >= 0.6 is 0 Å². The molecule has 0 saturated heterocycles. The first-order valence-electron chi connectivity index (χ1n) is 3.19. The van der Waals surface area contributed by atoms with Crippen molar-refractivity contribution in [1.29, 1.82) is 0 Å². The van der Waals surface area contributed by atoms with Gasteiger partial charge < -0.3 is 0 Å². The van der Waals surface area contributed by atoms with Crippen LogP contribution in [0.4, 0.5) is 5.69 Å². The summed E-state index contributed by atoms with van der Waals surface area (Å²) in [5.41, 5.74) is 1.97. The predicted octanol–water partition coefficient (Wildman–Crippen LogP) is 1.53. The van der Waals surface area contributed by atoms with Crippen LogP contribution in [0.3, 0.4) is 0 Å². The second-order valence-corrected chi connectivity index (χ2v) is 2.43. The molecular weight excluding hydrogens is 126 g/mol. The molecule has 54 valence electrons. The Hall–Kier alpha value is -1.12. The molecule has 0 radical (unpaired) electrons. The minimum Gasteiger partial charge on any atom is -0.274 e. The van der Waals surface area contributed by atoms with E-state index < -0.39 is 0 Å². The Morgan fingerprint density at radius 2 is 2.30 bits per heavy atom. The van der Waals surface area contributed by atoms with E-state index in [1.807, 2.05) is 27.1 Å². The van der Waals surface area contributed by atoms with Crippen molar-refractivity contribution in [3.63, 3.8) is 0 Å². The van der Waals surface area contributed by atoms with Crippen molar-refractivity contribution in [2.45, 2.75) is 13.8 Å². The topological polar surface area (TPSA) is 30.2 Å². The summed E-state index contributed by atoms with van der Waals surface area (Å²) < 4.78 is 1.74. The van der Waals surface area contributed by atoms with E-state index in [1.165, 1.54) is 0 Å². The lowest BCUT2D eigenvalue weighted by Crippen LogP contribution is -1.83. The summed E-state index contributed by atoms with van der Waals surface area (Å²) in [6.07, 6.45) is 3.62. The van der Waals surface area contributed by atoms with Crippen LogP contribution in [0.15, 0.2) is 17.4 Å². The van der Waals surface area contributed by atoms with Gasteiger partial charge in [0.2, 0.25) is 0 Å². The molecule has 0 fully saturated rings. The van der Waals surface area contributed by atoms with Gasteiger partial charge in [-0.3, -0.25) is 9.67 Å². The van der Waals surface area contributed by atoms with Crippen molar-refractivity contribution < 1.29 is 0 Å². The third-order valence-electron chi connectivity index (χ3n) is 1.04. The molecule has 1 heterocycles. The SMILES string of the molecule is CC(C)=Nc1cnn(C)c1. The molecule has 0 aliphatic rings. The van der Waals surface area contributed by atoms with Gasteiger partial charge in [-0.25, -0.2) is 0 Å². The average Bonchev–Trinajstić information content (AvgIpc) is 2.13. The summed E-state index contributed by atoms with van der Waals surface area (Å²) in [5.74, 6) is 0. The molecule has 3 nitrogen and oxygen atoms in total. The van der Waals surface area contributed by atoms with Gasteiger partial charge in [0.1, 0.15) is 5.69 Å². The van der Waals surface area contributed by atoms with Gasteiger partial charge >= 0.3 is 0 Å². The lowest BCUT2D eigenvalue weighted by Gasteiger charge is -1.85. The molecule has 0 spiro atoms. The number of hydrogen-bond donors (Lipinski definition) is 0. The molecule has 1 rings (SSSR count). The Balaban J connectivity index is 2.86. The van der Waals surface area contributed by atoms with Gasteiger partial charge in [0, 0.05) is 12.8 Å². The number of aryl methyl sites for hydroxylation is 1. The average molecular weight is 137 g/mol. The van der Waals surface area contributed by atoms with Crippen LogP contribution in [-0.4, -0.2) is 15.5 Å². The largest absolute Gasteiger partial charge is 0.274 e. The van der Waals surface area contributed by atoms with E-state index in [0.29, 0.717) is 0 Å². The number of aromatic nitrogens is 2. The summed E-state index contributed by atoms with van der Waals surface area (Å²) in [4.78, 5) is 4.21. The first kappa shape index (κ1) is 6.99. The fraction of sp³-hybridized carbons (Fsp3) is 0.429. The quantitative estimate of drug-likeness (QED) is 0.540. The Kier molecular flexibility index (Phi) is 1.85. The number of rotatable bonds is 1. The lowest BCUT2D eigenvalue weighted by atomic mass is 10.5. The van der Waals surface area contributed by atoms with Crippen LogP contribution in [0.2, 0.25) is 0 Å². The van der Waals surface area contributed by atoms with Crippen LogP contribution in [0.1, 0.15) is 13.8 Å². The van der Waals surface area contributed by atoms with Gasteiger partial charge in [-0.05, 0) is 13.8 Å². The van der Waals surface area contributed by atoms with Crippen LogP contribution in [0, 0.1) is 0 Å². The van der Waals surface area contributed by atoms with E-state index in [4.69, 9.17) is 0 Å². The monoisotopic (exact) mass is 137 g/mol. The molecule has 0 aliphatic heterocycles. The molecule has 0 aromatic carbocycles. The Labute approximate surface area is 60.4 Å². The Morgan fingerprint density at radius 3 is 2.70 bits per heavy atom. The first-order chi connectivity index (χ1) is 4.68. The fourth-order valence-corrected chi connectivity index (χ4v) is 0.724. The van der Waals surface area contributed by atoms with Crippen molar-refractivity contribution in [2.24, 2.45) is 12.0 Å². The Bertz CT molecular complexity index is 243. The molecule has 0 bridgehead atoms. The van der Waals surface area contributed by atoms with E-state index >= 15 is 0 Å². The molecule has 1 aromatic heterocycles. The van der Waals surface area contributed by atoms with Gasteiger partial charge in [-0.2, -0.15) is 5.10 Å². The summed E-state index contributed by atoms with van der Waals surface area (Å²) in [7, 11) is 1.88. The van der Waals surface area contributed by atoms with Gasteiger partial charge in [-0.1, -0.05) is 0 Å². The second-order valence-electron chi connectivity index (χ2n) is 2.43. The summed E-state index contributed by atoms with van der Waals surface area (Å²) >= 11 is 0. The molecule has 1 aromatic rings. The van der Waals surface area contributed by atoms with E-state index in [2.05, 4.69) is 10.1 Å². The maximum atomic E-state index is 4.21. The molecule has 0 N–H and O–H groups in total. The van der Waals surface area contributed by atoms with Crippen LogP contribution in [-0.2, 0) is 7.05 Å². The van der Waals surface area contributed by atoms with Gasteiger partial charge in [-0.15, -0.1) is 0 Å². The van der Waals surface area contributed by atoms with E-state index in [0.717, 1.165) is 11.4 Å². The number of hydrogen-bond acceptors (Lipinski definition) is 2. The zero-order valence-corrected chi connectivity index (χ0v) is 6.50. The maximum absolute atomic E-state index is 4.21. The van der Waals surface area contributed by atoms with Gasteiger partial charge in [0.25, 0.3) is 0 Å². The highest BCUT2D eigenvalue weighted by atomic mass is 15.2. The van der Waals surface area contributed by atoms with E-state index in [9.17, 15) is 0 Å². The third kappa shape index (κ3) is 1.69. The molecule has 0 unspecified atom stereocenters. The van der Waals surface area contributed by atoms with Crippen LogP contribution in [0.5, 0.6) is 0 Å². The zero-order chi connectivity index (χ0) is 7.56. The summed E-state index contributed by atoms with van der Waals surface area (Å²) in [6, 6.07) is 0. The van der Waals surface area contributed by atoms with Gasteiger partial charge in [0.15, 0.2) is 0 Å². The van der Waals surface area contributed by atoms with E-state index in [1.54, 1.807) is 10.9 Å². The molecule has 0 aliphatic carbocycles. The molecule has 0 amide bonds. The highest BCUT2D eigenvalue weighted by molar-refractivity contribution is 5.81. The number of nitrogens with zero attached hydrogens (tertiary/aromatic N) is 3. The van der Waals surface area contributed by atoms with Crippen molar-refractivity contribution in [2.75, 3.05) is 0 Å². The standard InChI is InChI=1S/C7H11N3/c1-6(2)9-7-4-8-10(3)5-7/h4-5H,1-3H3. The normalized spacial score (nSPS) is 9.50. The molecule has 3 heteroatoms. The minimum atomic E-state index is 0.919. The highest BCUT2D eigenvalue weighted by Gasteiger charge is 1.90. The van der Waals surface area contributed by atoms with Crippen molar-refractivity contribution >= 4 is 11.4 Å². The zero-order valence-electron chi connectivity index (χ0n) is 6.50. The third-order valence-corrected chi connectivity index (χ3v) is 1.04. The van der Waals surface area contributed by atoms with Crippen molar-refractivity contribution in [1.82, 2.24) is 9.78 Å². The summed E-state index contributed by atoms with van der Waals surface area (Å²) in [6.45, 7) is 3.93. The van der Waals surface area contributed by atoms with E-state index in [-0.39, 0.29) is 0 Å². The van der Waals surface area contributed by atoms with Crippen LogP contribution < -0.4 is 0 Å². The molecular formula is C7H11N3. The summed E-state index contributed by atoms with van der Waals surface area (Å²) in [5, 5.41) is 3.98. The second kappa shape index (κ2) is 2.64. The van der Waals surface area contributed by atoms with Gasteiger partial charge in [0.05, 0.1) is 12.4 Å². The minimum absolute atomic E-state index is 0.919. The smallest absolute Gasteiger partial charge is 0.101 e. The maximum Gasteiger partial charge on any atom is 0.101 e. The first-order valence-corrected chi connectivity index (χ1v) is 3.19. The molecule has 10 heavy (non-hydrogen) atoms. The molecule has 0 saturated carbocycles. The predicted molar refractivity (Wildman–Crippen MR) is 41.7 cm³/mol. The Morgan fingerprint density at radius 1 is 1.60 bits per heavy atom. The number of aliphatic imine (C=N–C) groups is 1. The fourth-order valence-electron chi connectivity index (χ4n) is 0.724. The van der Waals surface area contributed by atoms with Crippen molar-refractivity contribution in [3.8, 4) is 0 Å². The van der Waals surface area contributed by atoms with Crippen LogP contribution in [0.25, 0.3) is 0 Å². The molecule has 0 atom stereocenters. The lowest BCUT2D eigenvalue weighted by molar-refractivity contribution is 0.768. The van der Waals surface area contributed by atoms with Crippen molar-refractivity contribution in [3.05, 3.63) is 12.4 Å². The highest BCUT2D eigenvalue weighted by Crippen LogP contribution is 2.07.